The van der Waals surface area contributed by atoms with Crippen LogP contribution in [0, 0.1) is 13.8 Å². The number of hydrogen-bond donors (Lipinski definition) is 2. The van der Waals surface area contributed by atoms with Crippen LogP contribution in [-0.4, -0.2) is 27.5 Å². The van der Waals surface area contributed by atoms with Gasteiger partial charge in [-0.2, -0.15) is 4.72 Å². The van der Waals surface area contributed by atoms with E-state index >= 15 is 0 Å². The maximum absolute atomic E-state index is 13.5. The number of benzene rings is 3. The first kappa shape index (κ1) is 25.5. The molecule has 2 N–H and O–H groups in total. The SMILES string of the molecule is COc1ccc(S(=O)(=O)N[C@@H](Cc2ccccc2)C(=O)Nc2c(C)cccc2C(C)C)cc1C. The molecule has 0 saturated heterocycles. The summed E-state index contributed by atoms with van der Waals surface area (Å²) in [5, 5.41) is 3.00. The zero-order valence-corrected chi connectivity index (χ0v) is 21.1. The van der Waals surface area contributed by atoms with Crippen LogP contribution in [0.25, 0.3) is 0 Å². The number of rotatable bonds is 9. The highest BCUT2D eigenvalue weighted by Gasteiger charge is 2.27. The summed E-state index contributed by atoms with van der Waals surface area (Å²) in [4.78, 5) is 13.5. The van der Waals surface area contributed by atoms with Gasteiger partial charge in [0.1, 0.15) is 11.8 Å². The molecular weight excluding hydrogens is 448 g/mol. The number of sulfonamides is 1. The van der Waals surface area contributed by atoms with Crippen molar-refractivity contribution in [3.8, 4) is 5.75 Å². The normalized spacial score (nSPS) is 12.4. The van der Waals surface area contributed by atoms with Crippen molar-refractivity contribution in [2.75, 3.05) is 12.4 Å². The van der Waals surface area contributed by atoms with Crippen LogP contribution in [0.5, 0.6) is 5.75 Å². The van der Waals surface area contributed by atoms with Gasteiger partial charge in [0.25, 0.3) is 0 Å². The monoisotopic (exact) mass is 480 g/mol. The molecule has 0 aliphatic carbocycles. The summed E-state index contributed by atoms with van der Waals surface area (Å²) in [7, 11) is -2.43. The fourth-order valence-electron chi connectivity index (χ4n) is 3.86. The van der Waals surface area contributed by atoms with Crippen molar-refractivity contribution >= 4 is 21.6 Å². The average molecular weight is 481 g/mol. The minimum atomic E-state index is -3.97. The highest BCUT2D eigenvalue weighted by molar-refractivity contribution is 7.89. The summed E-state index contributed by atoms with van der Waals surface area (Å²) >= 11 is 0. The Hall–Kier alpha value is -3.16. The molecule has 1 amide bonds. The lowest BCUT2D eigenvalue weighted by molar-refractivity contribution is -0.117. The molecule has 0 unspecified atom stereocenters. The van der Waals surface area contributed by atoms with Crippen molar-refractivity contribution in [2.45, 2.75) is 51.0 Å². The third kappa shape index (κ3) is 6.04. The Balaban J connectivity index is 1.94. The molecule has 1 atom stereocenters. The summed E-state index contributed by atoms with van der Waals surface area (Å²) in [5.41, 5.74) is 4.19. The van der Waals surface area contributed by atoms with E-state index in [2.05, 4.69) is 23.9 Å². The molecule has 34 heavy (non-hydrogen) atoms. The largest absolute Gasteiger partial charge is 0.496 e. The topological polar surface area (TPSA) is 84.5 Å². The lowest BCUT2D eigenvalue weighted by atomic mass is 9.97. The Bertz CT molecular complexity index is 1250. The van der Waals surface area contributed by atoms with Crippen molar-refractivity contribution in [3.05, 3.63) is 89.0 Å². The smallest absolute Gasteiger partial charge is 0.242 e. The van der Waals surface area contributed by atoms with Crippen LogP contribution >= 0.6 is 0 Å². The van der Waals surface area contributed by atoms with Crippen molar-refractivity contribution < 1.29 is 17.9 Å². The summed E-state index contributed by atoms with van der Waals surface area (Å²) in [6.45, 7) is 7.82. The number of hydrogen-bond acceptors (Lipinski definition) is 4. The van der Waals surface area contributed by atoms with E-state index < -0.39 is 22.0 Å². The van der Waals surface area contributed by atoms with Gasteiger partial charge in [-0.15, -0.1) is 0 Å². The van der Waals surface area contributed by atoms with Crippen molar-refractivity contribution in [2.24, 2.45) is 0 Å². The maximum atomic E-state index is 13.5. The maximum Gasteiger partial charge on any atom is 0.242 e. The molecule has 0 spiro atoms. The fourth-order valence-corrected chi connectivity index (χ4v) is 5.14. The average Bonchev–Trinajstić information content (AvgIpc) is 2.80. The van der Waals surface area contributed by atoms with Crippen molar-refractivity contribution in [1.82, 2.24) is 4.72 Å². The van der Waals surface area contributed by atoms with Gasteiger partial charge < -0.3 is 10.1 Å². The summed E-state index contributed by atoms with van der Waals surface area (Å²) < 4.78 is 34.4. The van der Waals surface area contributed by atoms with Gasteiger partial charge in [-0.1, -0.05) is 62.4 Å². The van der Waals surface area contributed by atoms with E-state index in [1.54, 1.807) is 13.0 Å². The van der Waals surface area contributed by atoms with E-state index in [1.807, 2.05) is 55.5 Å². The molecule has 0 bridgehead atoms. The molecule has 3 aromatic rings. The van der Waals surface area contributed by atoms with Crippen LogP contribution in [0.3, 0.4) is 0 Å². The predicted octanol–water partition coefficient (Wildman–Crippen LogP) is 4.96. The number of carbonyl (C=O) groups excluding carboxylic acids is 1. The number of aryl methyl sites for hydroxylation is 2. The van der Waals surface area contributed by atoms with Gasteiger partial charge in [0, 0.05) is 5.69 Å². The summed E-state index contributed by atoms with van der Waals surface area (Å²) in [6.07, 6.45) is 0.212. The lowest BCUT2D eigenvalue weighted by Crippen LogP contribution is -2.45. The van der Waals surface area contributed by atoms with Gasteiger partial charge >= 0.3 is 0 Å². The molecule has 0 fully saturated rings. The van der Waals surface area contributed by atoms with Crippen LogP contribution < -0.4 is 14.8 Å². The van der Waals surface area contributed by atoms with E-state index in [4.69, 9.17) is 4.74 Å². The molecule has 0 aliphatic rings. The van der Waals surface area contributed by atoms with Gasteiger partial charge in [-0.05, 0) is 66.6 Å². The molecule has 0 aliphatic heterocycles. The second-order valence-electron chi connectivity index (χ2n) is 8.68. The Morgan fingerprint density at radius 2 is 1.65 bits per heavy atom. The number of carbonyl (C=O) groups is 1. The molecule has 3 aromatic carbocycles. The number of ether oxygens (including phenoxy) is 1. The Morgan fingerprint density at radius 1 is 0.941 bits per heavy atom. The van der Waals surface area contributed by atoms with E-state index in [0.717, 1.165) is 22.4 Å². The van der Waals surface area contributed by atoms with Crippen molar-refractivity contribution in [1.29, 1.82) is 0 Å². The first-order valence-electron chi connectivity index (χ1n) is 11.2. The van der Waals surface area contributed by atoms with Crippen molar-refractivity contribution in [3.63, 3.8) is 0 Å². The summed E-state index contributed by atoms with van der Waals surface area (Å²) in [5.74, 6) is 0.383. The third-order valence-corrected chi connectivity index (χ3v) is 7.22. The molecule has 0 saturated carbocycles. The highest BCUT2D eigenvalue weighted by atomic mass is 32.2. The molecule has 0 radical (unpaired) electrons. The molecule has 180 valence electrons. The highest BCUT2D eigenvalue weighted by Crippen LogP contribution is 2.28. The van der Waals surface area contributed by atoms with E-state index in [1.165, 1.54) is 19.2 Å². The fraction of sp³-hybridized carbons (Fsp3) is 0.296. The number of nitrogens with one attached hydrogen (secondary N) is 2. The van der Waals surface area contributed by atoms with Gasteiger partial charge in [0.05, 0.1) is 12.0 Å². The first-order chi connectivity index (χ1) is 16.1. The zero-order valence-electron chi connectivity index (χ0n) is 20.3. The quantitative estimate of drug-likeness (QED) is 0.453. The molecule has 0 heterocycles. The lowest BCUT2D eigenvalue weighted by Gasteiger charge is -2.22. The van der Waals surface area contributed by atoms with E-state index in [-0.39, 0.29) is 17.2 Å². The standard InChI is InChI=1S/C27H32N2O4S/c1-18(2)23-13-9-10-19(3)26(23)28-27(30)24(17-21-11-7-6-8-12-21)29-34(31,32)22-14-15-25(33-5)20(4)16-22/h6-16,18,24,29H,17H2,1-5H3,(H,28,30)/t24-/m0/s1. The number of para-hydroxylation sites is 1. The Kier molecular flexibility index (Phi) is 8.12. The third-order valence-electron chi connectivity index (χ3n) is 5.75. The minimum Gasteiger partial charge on any atom is -0.496 e. The van der Waals surface area contributed by atoms with Crippen LogP contribution in [0.4, 0.5) is 5.69 Å². The van der Waals surface area contributed by atoms with E-state index in [9.17, 15) is 13.2 Å². The molecule has 3 rings (SSSR count). The molecular formula is C27H32N2O4S. The molecule has 7 heteroatoms. The molecule has 0 aromatic heterocycles. The number of anilines is 1. The second-order valence-corrected chi connectivity index (χ2v) is 10.4. The Morgan fingerprint density at radius 3 is 2.26 bits per heavy atom. The zero-order chi connectivity index (χ0) is 24.9. The van der Waals surface area contributed by atoms with Crippen LogP contribution in [0.15, 0.2) is 71.6 Å². The first-order valence-corrected chi connectivity index (χ1v) is 12.7. The van der Waals surface area contributed by atoms with E-state index in [0.29, 0.717) is 11.3 Å². The van der Waals surface area contributed by atoms with Gasteiger partial charge in [-0.3, -0.25) is 4.79 Å². The van der Waals surface area contributed by atoms with Gasteiger partial charge in [0.2, 0.25) is 15.9 Å². The van der Waals surface area contributed by atoms with Crippen LogP contribution in [0.2, 0.25) is 0 Å². The minimum absolute atomic E-state index is 0.0791. The second kappa shape index (κ2) is 10.8. The van der Waals surface area contributed by atoms with Gasteiger partial charge in [0.15, 0.2) is 0 Å². The number of methoxy groups -OCH3 is 1. The van der Waals surface area contributed by atoms with Gasteiger partial charge in [-0.25, -0.2) is 8.42 Å². The van der Waals surface area contributed by atoms with Crippen LogP contribution in [-0.2, 0) is 21.2 Å². The van der Waals surface area contributed by atoms with Crippen LogP contribution in [0.1, 0.15) is 42.0 Å². The molecule has 6 nitrogen and oxygen atoms in total. The number of amides is 1. The predicted molar refractivity (Wildman–Crippen MR) is 136 cm³/mol. The Labute approximate surface area is 202 Å². The summed E-state index contributed by atoms with van der Waals surface area (Å²) in [6, 6.07) is 18.8.